The van der Waals surface area contributed by atoms with E-state index in [2.05, 4.69) is 83.8 Å². The van der Waals surface area contributed by atoms with Gasteiger partial charge in [0.25, 0.3) is 0 Å². The van der Waals surface area contributed by atoms with Gasteiger partial charge in [-0.15, -0.1) is 0 Å². The number of benzene rings is 3. The summed E-state index contributed by atoms with van der Waals surface area (Å²) in [4.78, 5) is 9.44. The highest BCUT2D eigenvalue weighted by Gasteiger charge is 2.16. The molecule has 4 nitrogen and oxygen atoms in total. The van der Waals surface area contributed by atoms with Gasteiger partial charge >= 0.3 is 0 Å². The normalized spacial score (nSPS) is 12.0. The number of hydrogen-bond acceptors (Lipinski definition) is 4. The maximum Gasteiger partial charge on any atom is 0.227 e. The molecule has 32 heavy (non-hydrogen) atoms. The van der Waals surface area contributed by atoms with Gasteiger partial charge in [-0.3, -0.25) is 0 Å². The fraction of sp³-hybridized carbons (Fsp3) is 0.231. The number of hydrogen-bond donors (Lipinski definition) is 0. The summed E-state index contributed by atoms with van der Waals surface area (Å²) in [7, 11) is 0. The number of oxazole rings is 2. The Balaban J connectivity index is 1.50. The van der Waals surface area contributed by atoms with Gasteiger partial charge in [0.15, 0.2) is 11.2 Å². The van der Waals surface area contributed by atoms with Crippen LogP contribution in [0.25, 0.3) is 45.1 Å². The molecule has 0 radical (unpaired) electrons. The van der Waals surface area contributed by atoms with E-state index < -0.39 is 0 Å². The smallest absolute Gasteiger partial charge is 0.227 e. The fourth-order valence-electron chi connectivity index (χ4n) is 3.69. The third-order valence-corrected chi connectivity index (χ3v) is 6.82. The first-order valence-corrected chi connectivity index (χ1v) is 12.2. The van der Waals surface area contributed by atoms with Gasteiger partial charge in [0.05, 0.1) is 8.95 Å². The Hall–Kier alpha value is -2.44. The van der Waals surface area contributed by atoms with Crippen LogP contribution in [0.3, 0.4) is 0 Å². The molecule has 0 bridgehead atoms. The van der Waals surface area contributed by atoms with Gasteiger partial charge < -0.3 is 8.83 Å². The molecule has 3 aromatic carbocycles. The second-order valence-electron chi connectivity index (χ2n) is 8.63. The average molecular weight is 554 g/mol. The number of nitrogens with zero attached hydrogens (tertiary/aromatic N) is 2. The van der Waals surface area contributed by atoms with Gasteiger partial charge in [0, 0.05) is 11.1 Å². The Bertz CT molecular complexity index is 1340. The first kappa shape index (κ1) is 21.4. The van der Waals surface area contributed by atoms with Crippen LogP contribution in [0.2, 0.25) is 0 Å². The number of halogens is 2. The van der Waals surface area contributed by atoms with Crippen LogP contribution in [0, 0.1) is 0 Å². The molecule has 0 unspecified atom stereocenters. The van der Waals surface area contributed by atoms with E-state index in [1.165, 1.54) is 11.1 Å². The van der Waals surface area contributed by atoms with Crippen molar-refractivity contribution in [3.8, 4) is 22.9 Å². The molecule has 5 rings (SSSR count). The molecule has 0 aliphatic rings. The van der Waals surface area contributed by atoms with E-state index in [0.717, 1.165) is 42.3 Å². The molecular formula is C26H22Br2N2O2. The lowest BCUT2D eigenvalue weighted by molar-refractivity contribution is 0.615. The minimum atomic E-state index is 0.420. The summed E-state index contributed by atoms with van der Waals surface area (Å²) >= 11 is 7.24. The van der Waals surface area contributed by atoms with Crippen molar-refractivity contribution in [2.45, 2.75) is 39.5 Å². The molecule has 0 aliphatic heterocycles. The molecule has 0 N–H and O–H groups in total. The second kappa shape index (κ2) is 8.16. The van der Waals surface area contributed by atoms with Gasteiger partial charge in [0.1, 0.15) is 11.0 Å². The molecule has 2 heterocycles. The van der Waals surface area contributed by atoms with Crippen LogP contribution in [0.1, 0.15) is 50.7 Å². The van der Waals surface area contributed by atoms with Crippen molar-refractivity contribution in [1.82, 2.24) is 9.97 Å². The van der Waals surface area contributed by atoms with Crippen molar-refractivity contribution >= 4 is 54.1 Å². The van der Waals surface area contributed by atoms with Crippen LogP contribution in [0.15, 0.2) is 66.3 Å². The van der Waals surface area contributed by atoms with Gasteiger partial charge in [0.2, 0.25) is 11.8 Å². The van der Waals surface area contributed by atoms with E-state index in [4.69, 9.17) is 18.8 Å². The number of aromatic nitrogens is 2. The van der Waals surface area contributed by atoms with Crippen LogP contribution in [0.5, 0.6) is 0 Å². The molecule has 0 amide bonds. The molecule has 162 valence electrons. The highest BCUT2D eigenvalue weighted by molar-refractivity contribution is 9.11. The third kappa shape index (κ3) is 3.80. The maximum absolute atomic E-state index is 6.06. The van der Waals surface area contributed by atoms with E-state index in [1.54, 1.807) is 0 Å². The lowest BCUT2D eigenvalue weighted by Crippen LogP contribution is -1.87. The molecule has 5 aromatic rings. The van der Waals surface area contributed by atoms with Crippen LogP contribution in [-0.2, 0) is 0 Å². The van der Waals surface area contributed by atoms with E-state index in [9.17, 15) is 0 Å². The van der Waals surface area contributed by atoms with E-state index in [0.29, 0.717) is 23.6 Å². The van der Waals surface area contributed by atoms with Crippen molar-refractivity contribution in [2.75, 3.05) is 0 Å². The first-order valence-electron chi connectivity index (χ1n) is 10.6. The SMILES string of the molecule is CC(C)c1cc(Br)c2oc(-c3ccc(-c4nc5cc(C(C)C)cc(Br)c5o4)cc3)nc2c1. The zero-order valence-corrected chi connectivity index (χ0v) is 21.4. The zero-order valence-electron chi connectivity index (χ0n) is 18.2. The molecule has 0 saturated heterocycles. The molecular weight excluding hydrogens is 532 g/mol. The van der Waals surface area contributed by atoms with Crippen LogP contribution in [0.4, 0.5) is 0 Å². The predicted molar refractivity (Wildman–Crippen MR) is 136 cm³/mol. The van der Waals surface area contributed by atoms with Crippen LogP contribution in [-0.4, -0.2) is 9.97 Å². The summed E-state index contributed by atoms with van der Waals surface area (Å²) in [6.45, 7) is 8.67. The predicted octanol–water partition coefficient (Wildman–Crippen LogP) is 9.07. The van der Waals surface area contributed by atoms with E-state index in [1.807, 2.05) is 24.3 Å². The van der Waals surface area contributed by atoms with Gasteiger partial charge in [-0.1, -0.05) is 27.7 Å². The second-order valence-corrected chi connectivity index (χ2v) is 10.3. The van der Waals surface area contributed by atoms with E-state index in [-0.39, 0.29) is 0 Å². The third-order valence-electron chi connectivity index (χ3n) is 5.65. The Morgan fingerprint density at radius 2 is 1.00 bits per heavy atom. The lowest BCUT2D eigenvalue weighted by Gasteiger charge is -2.04. The van der Waals surface area contributed by atoms with Crippen molar-refractivity contribution in [3.63, 3.8) is 0 Å². The highest BCUT2D eigenvalue weighted by Crippen LogP contribution is 2.35. The Morgan fingerprint density at radius 3 is 1.34 bits per heavy atom. The molecule has 2 aromatic heterocycles. The molecule has 0 atom stereocenters. The quantitative estimate of drug-likeness (QED) is 0.223. The molecule has 0 aliphatic carbocycles. The van der Waals surface area contributed by atoms with Crippen molar-refractivity contribution in [1.29, 1.82) is 0 Å². The maximum atomic E-state index is 6.06. The summed E-state index contributed by atoms with van der Waals surface area (Å²) in [5.41, 5.74) is 7.49. The number of fused-ring (bicyclic) bond motifs is 2. The average Bonchev–Trinajstić information content (AvgIpc) is 3.38. The molecule has 0 spiro atoms. The van der Waals surface area contributed by atoms with Gasteiger partial charge in [-0.2, -0.15) is 0 Å². The van der Waals surface area contributed by atoms with Crippen LogP contribution >= 0.6 is 31.9 Å². The molecule has 0 fully saturated rings. The standard InChI is InChI=1S/C26H22Br2N2O2/c1-13(2)17-9-19(27)23-21(11-17)29-25(31-23)15-5-7-16(8-6-15)26-30-22-12-18(14(3)4)10-20(28)24(22)32-26/h5-14H,1-4H3. The minimum absolute atomic E-state index is 0.420. The Morgan fingerprint density at radius 1 is 0.625 bits per heavy atom. The fourth-order valence-corrected chi connectivity index (χ4v) is 4.79. The van der Waals surface area contributed by atoms with Gasteiger partial charge in [-0.05, 0) is 103 Å². The molecule has 0 saturated carbocycles. The highest BCUT2D eigenvalue weighted by atomic mass is 79.9. The summed E-state index contributed by atoms with van der Waals surface area (Å²) < 4.78 is 14.0. The topological polar surface area (TPSA) is 52.1 Å². The lowest BCUT2D eigenvalue weighted by atomic mass is 10.0. The summed E-state index contributed by atoms with van der Waals surface area (Å²) in [6.07, 6.45) is 0. The summed E-state index contributed by atoms with van der Waals surface area (Å²) in [5.74, 6) is 2.02. The van der Waals surface area contributed by atoms with Crippen molar-refractivity contribution in [3.05, 3.63) is 68.6 Å². The summed E-state index contributed by atoms with van der Waals surface area (Å²) in [5, 5.41) is 0. The van der Waals surface area contributed by atoms with E-state index >= 15 is 0 Å². The number of rotatable bonds is 4. The van der Waals surface area contributed by atoms with Crippen LogP contribution < -0.4 is 0 Å². The Labute approximate surface area is 203 Å². The summed E-state index contributed by atoms with van der Waals surface area (Å²) in [6, 6.07) is 16.3. The van der Waals surface area contributed by atoms with Crippen molar-refractivity contribution < 1.29 is 8.83 Å². The Kier molecular flexibility index (Phi) is 5.46. The van der Waals surface area contributed by atoms with Gasteiger partial charge in [-0.25, -0.2) is 9.97 Å². The van der Waals surface area contributed by atoms with Crippen molar-refractivity contribution in [2.24, 2.45) is 0 Å². The monoisotopic (exact) mass is 552 g/mol. The largest absolute Gasteiger partial charge is 0.435 e. The molecule has 6 heteroatoms. The first-order chi connectivity index (χ1) is 15.3. The zero-order chi connectivity index (χ0) is 22.6. The minimum Gasteiger partial charge on any atom is -0.435 e.